The van der Waals surface area contributed by atoms with Crippen molar-refractivity contribution in [1.29, 1.82) is 0 Å². The Hall–Kier alpha value is -1.12. The lowest BCUT2D eigenvalue weighted by molar-refractivity contribution is -0.115. The van der Waals surface area contributed by atoms with E-state index in [0.29, 0.717) is 5.13 Å². The number of hydrogen-bond acceptors (Lipinski definition) is 6. The van der Waals surface area contributed by atoms with Gasteiger partial charge in [-0.05, 0) is 12.8 Å². The van der Waals surface area contributed by atoms with Gasteiger partial charge >= 0.3 is 0 Å². The van der Waals surface area contributed by atoms with Crippen LogP contribution >= 0.6 is 23.6 Å². The molecule has 0 bridgehead atoms. The summed E-state index contributed by atoms with van der Waals surface area (Å²) in [5.74, 6) is -0.271. The molecule has 0 radical (unpaired) electrons. The van der Waals surface area contributed by atoms with Crippen molar-refractivity contribution < 1.29 is 9.53 Å². The molecule has 1 unspecified atom stereocenters. The number of nitrogens with zero attached hydrogens (tertiary/aromatic N) is 2. The fourth-order valence-electron chi connectivity index (χ4n) is 1.51. The minimum atomic E-state index is -0.271. The number of anilines is 1. The number of thiocarbonyl (C=S) groups is 1. The van der Waals surface area contributed by atoms with Crippen molar-refractivity contribution in [3.05, 3.63) is 5.01 Å². The molecule has 1 fully saturated rings. The summed E-state index contributed by atoms with van der Waals surface area (Å²) in [5.41, 5.74) is 5.27. The van der Waals surface area contributed by atoms with E-state index in [1.807, 2.05) is 0 Å². The van der Waals surface area contributed by atoms with Gasteiger partial charge in [0.25, 0.3) is 0 Å². The predicted molar refractivity (Wildman–Crippen MR) is 67.9 cm³/mol. The van der Waals surface area contributed by atoms with Crippen LogP contribution in [0.1, 0.15) is 30.4 Å². The highest BCUT2D eigenvalue weighted by Gasteiger charge is 2.22. The molecule has 1 aliphatic rings. The average molecular weight is 272 g/mol. The van der Waals surface area contributed by atoms with Gasteiger partial charge in [0.2, 0.25) is 11.0 Å². The van der Waals surface area contributed by atoms with Crippen molar-refractivity contribution in [3.8, 4) is 0 Å². The van der Waals surface area contributed by atoms with E-state index in [1.54, 1.807) is 0 Å². The highest BCUT2D eigenvalue weighted by Crippen LogP contribution is 2.31. The van der Waals surface area contributed by atoms with Crippen molar-refractivity contribution in [1.82, 2.24) is 10.2 Å². The Labute approximate surface area is 108 Å². The number of carbonyl (C=O) groups is 1. The van der Waals surface area contributed by atoms with E-state index in [-0.39, 0.29) is 23.4 Å². The Morgan fingerprint density at radius 2 is 2.47 bits per heavy atom. The van der Waals surface area contributed by atoms with Gasteiger partial charge in [0.05, 0.1) is 11.4 Å². The van der Waals surface area contributed by atoms with Crippen molar-refractivity contribution in [3.63, 3.8) is 0 Å². The van der Waals surface area contributed by atoms with Gasteiger partial charge < -0.3 is 15.8 Å². The van der Waals surface area contributed by atoms with Crippen molar-refractivity contribution in [2.45, 2.75) is 25.4 Å². The van der Waals surface area contributed by atoms with Crippen molar-refractivity contribution in [2.75, 3.05) is 11.9 Å². The van der Waals surface area contributed by atoms with Gasteiger partial charge in [-0.2, -0.15) is 0 Å². The monoisotopic (exact) mass is 272 g/mol. The van der Waals surface area contributed by atoms with Crippen molar-refractivity contribution in [2.24, 2.45) is 5.73 Å². The normalized spacial score (nSPS) is 19.2. The molecule has 1 saturated heterocycles. The Kier molecular flexibility index (Phi) is 3.97. The molecule has 1 aromatic rings. The van der Waals surface area contributed by atoms with Crippen LogP contribution in [0.2, 0.25) is 0 Å². The molecule has 1 aromatic heterocycles. The summed E-state index contributed by atoms with van der Waals surface area (Å²) < 4.78 is 5.48. The molecule has 0 spiro atoms. The zero-order valence-corrected chi connectivity index (χ0v) is 10.6. The number of nitrogens with one attached hydrogen (secondary N) is 1. The lowest BCUT2D eigenvalue weighted by atomic mass is 10.2. The second-order valence-electron chi connectivity index (χ2n) is 3.64. The third-order valence-corrected chi connectivity index (χ3v) is 3.30. The quantitative estimate of drug-likeness (QED) is 0.795. The first kappa shape index (κ1) is 12.3. The summed E-state index contributed by atoms with van der Waals surface area (Å²) in [6.07, 6.45) is 2.03. The van der Waals surface area contributed by atoms with Gasteiger partial charge in [-0.1, -0.05) is 23.6 Å². The summed E-state index contributed by atoms with van der Waals surface area (Å²) in [6.45, 7) is 0.757. The Morgan fingerprint density at radius 1 is 1.65 bits per heavy atom. The van der Waals surface area contributed by atoms with Gasteiger partial charge in [0, 0.05) is 6.61 Å². The molecule has 3 N–H and O–H groups in total. The standard InChI is InChI=1S/C9H12N4O2S2/c10-6(16)4-7(14)11-9-13-12-8(17-9)5-2-1-3-15-5/h5H,1-4H2,(H2,10,16)(H,11,13,14). The largest absolute Gasteiger partial charge is 0.393 e. The van der Waals surface area contributed by atoms with Gasteiger partial charge in [0.1, 0.15) is 11.1 Å². The van der Waals surface area contributed by atoms with Crippen molar-refractivity contribution >= 4 is 39.6 Å². The van der Waals surface area contributed by atoms with Crippen LogP contribution in [0.3, 0.4) is 0 Å². The molecule has 6 nitrogen and oxygen atoms in total. The van der Waals surface area contributed by atoms with Crippen LogP contribution in [0, 0.1) is 0 Å². The Bertz CT molecular complexity index is 428. The van der Waals surface area contributed by atoms with E-state index >= 15 is 0 Å². The van der Waals surface area contributed by atoms with Gasteiger partial charge in [0.15, 0.2) is 0 Å². The first-order valence-corrected chi connectivity index (χ1v) is 6.41. The first-order chi connectivity index (χ1) is 8.15. The highest BCUT2D eigenvalue weighted by molar-refractivity contribution is 7.80. The van der Waals surface area contributed by atoms with Gasteiger partial charge in [-0.25, -0.2) is 0 Å². The lowest BCUT2D eigenvalue weighted by Crippen LogP contribution is -2.19. The molecule has 1 aliphatic heterocycles. The Morgan fingerprint density at radius 3 is 3.12 bits per heavy atom. The molecule has 8 heteroatoms. The number of carbonyl (C=O) groups excluding carboxylic acids is 1. The lowest BCUT2D eigenvalue weighted by Gasteiger charge is -2.02. The topological polar surface area (TPSA) is 90.1 Å². The third kappa shape index (κ3) is 3.42. The van der Waals surface area contributed by atoms with Crippen LogP contribution in [0.4, 0.5) is 5.13 Å². The second-order valence-corrected chi connectivity index (χ2v) is 5.17. The van der Waals surface area contributed by atoms with Gasteiger partial charge in [-0.15, -0.1) is 10.2 Å². The summed E-state index contributed by atoms with van der Waals surface area (Å²) in [5, 5.41) is 11.7. The smallest absolute Gasteiger partial charge is 0.233 e. The molecule has 0 aromatic carbocycles. The third-order valence-electron chi connectivity index (χ3n) is 2.23. The van der Waals surface area contributed by atoms with E-state index < -0.39 is 0 Å². The predicted octanol–water partition coefficient (Wildman–Crippen LogP) is 1.00. The summed E-state index contributed by atoms with van der Waals surface area (Å²) in [4.78, 5) is 11.5. The molecule has 17 heavy (non-hydrogen) atoms. The number of nitrogens with two attached hydrogens (primary N) is 1. The van der Waals surface area contributed by atoms with Crippen LogP contribution in [-0.2, 0) is 9.53 Å². The summed E-state index contributed by atoms with van der Waals surface area (Å²) >= 11 is 5.97. The fraction of sp³-hybridized carbons (Fsp3) is 0.556. The SMILES string of the molecule is NC(=S)CC(=O)Nc1nnc(C2CCCO2)s1. The average Bonchev–Trinajstić information content (AvgIpc) is 2.84. The van der Waals surface area contributed by atoms with E-state index in [0.717, 1.165) is 24.5 Å². The molecular weight excluding hydrogens is 260 g/mol. The minimum absolute atomic E-state index is 0.0180. The van der Waals surface area contributed by atoms with Crippen LogP contribution in [-0.4, -0.2) is 27.7 Å². The van der Waals surface area contributed by atoms with Crippen LogP contribution < -0.4 is 11.1 Å². The zero-order chi connectivity index (χ0) is 12.3. The molecule has 0 saturated carbocycles. The number of rotatable bonds is 4. The Balaban J connectivity index is 1.93. The van der Waals surface area contributed by atoms with Crippen LogP contribution in [0.15, 0.2) is 0 Å². The van der Waals surface area contributed by atoms with Crippen LogP contribution in [0.25, 0.3) is 0 Å². The maximum Gasteiger partial charge on any atom is 0.233 e. The van der Waals surface area contributed by atoms with Gasteiger partial charge in [-0.3, -0.25) is 4.79 Å². The van der Waals surface area contributed by atoms with E-state index in [1.165, 1.54) is 11.3 Å². The minimum Gasteiger partial charge on any atom is -0.393 e. The number of ether oxygens (including phenoxy) is 1. The zero-order valence-electron chi connectivity index (χ0n) is 9.01. The highest BCUT2D eigenvalue weighted by atomic mass is 32.1. The first-order valence-electron chi connectivity index (χ1n) is 5.18. The molecule has 1 atom stereocenters. The number of aromatic nitrogens is 2. The molecule has 0 aliphatic carbocycles. The molecule has 2 heterocycles. The second kappa shape index (κ2) is 5.48. The molecule has 92 valence electrons. The molecule has 2 rings (SSSR count). The van der Waals surface area contributed by atoms with E-state index in [4.69, 9.17) is 10.5 Å². The number of amides is 1. The molecule has 1 amide bonds. The molecular formula is C9H12N4O2S2. The van der Waals surface area contributed by atoms with E-state index in [9.17, 15) is 4.79 Å². The maximum atomic E-state index is 11.4. The van der Waals surface area contributed by atoms with E-state index in [2.05, 4.69) is 27.7 Å². The summed E-state index contributed by atoms with van der Waals surface area (Å²) in [6, 6.07) is 0. The summed E-state index contributed by atoms with van der Waals surface area (Å²) in [7, 11) is 0. The maximum absolute atomic E-state index is 11.4. The number of hydrogen-bond donors (Lipinski definition) is 2. The van der Waals surface area contributed by atoms with Crippen LogP contribution in [0.5, 0.6) is 0 Å². The fourth-order valence-corrected chi connectivity index (χ4v) is 2.48.